The molecule has 1 fully saturated rings. The van der Waals surface area contributed by atoms with Crippen LogP contribution in [0.5, 0.6) is 5.75 Å². The van der Waals surface area contributed by atoms with Gasteiger partial charge in [0.2, 0.25) is 0 Å². The largest absolute Gasteiger partial charge is 0.497 e. The van der Waals surface area contributed by atoms with Gasteiger partial charge in [-0.3, -0.25) is 4.98 Å². The summed E-state index contributed by atoms with van der Waals surface area (Å²) in [7, 11) is 1.67. The number of ether oxygens (including phenoxy) is 2. The van der Waals surface area contributed by atoms with Gasteiger partial charge in [-0.25, -0.2) is 4.99 Å². The smallest absolute Gasteiger partial charge is 0.118 e. The molecule has 1 atom stereocenters. The van der Waals surface area contributed by atoms with E-state index in [1.54, 1.807) is 7.11 Å². The van der Waals surface area contributed by atoms with Crippen LogP contribution in [-0.4, -0.2) is 29.4 Å². The summed E-state index contributed by atoms with van der Waals surface area (Å²) in [5.41, 5.74) is 3.13. The van der Waals surface area contributed by atoms with E-state index in [9.17, 15) is 0 Å². The highest BCUT2D eigenvalue weighted by atomic mass is 32.1. The van der Waals surface area contributed by atoms with Crippen molar-refractivity contribution in [3.63, 3.8) is 0 Å². The second kappa shape index (κ2) is 7.67. The molecule has 0 N–H and O–H groups in total. The van der Waals surface area contributed by atoms with Crippen molar-refractivity contribution in [2.75, 3.05) is 7.11 Å². The van der Waals surface area contributed by atoms with E-state index in [0.717, 1.165) is 35.4 Å². The molecule has 124 valence electrons. The molecular weight excluding hydrogens is 320 g/mol. The first-order valence-corrected chi connectivity index (χ1v) is 8.43. The number of hydrogen-bond acceptors (Lipinski definition) is 5. The second-order valence-corrected chi connectivity index (χ2v) is 6.13. The Balaban J connectivity index is 1.60. The number of nitrogens with zero attached hydrogens (tertiary/aromatic N) is 2. The molecule has 1 heterocycles. The lowest BCUT2D eigenvalue weighted by molar-refractivity contribution is -0.0538. The Hall–Kier alpha value is -2.07. The van der Waals surface area contributed by atoms with Crippen molar-refractivity contribution in [2.45, 2.75) is 38.0 Å². The van der Waals surface area contributed by atoms with E-state index in [0.29, 0.717) is 0 Å². The van der Waals surface area contributed by atoms with E-state index >= 15 is 0 Å². The molecule has 24 heavy (non-hydrogen) atoms. The zero-order chi connectivity index (χ0) is 16.9. The van der Waals surface area contributed by atoms with Gasteiger partial charge in [-0.2, -0.15) is 0 Å². The highest BCUT2D eigenvalue weighted by Crippen LogP contribution is 2.31. The molecule has 0 amide bonds. The van der Waals surface area contributed by atoms with Crippen LogP contribution in [0.3, 0.4) is 0 Å². The summed E-state index contributed by atoms with van der Waals surface area (Å²) in [5, 5.41) is 2.44. The highest BCUT2D eigenvalue weighted by molar-refractivity contribution is 7.78. The number of isothiocyanates is 1. The molecule has 0 saturated heterocycles. The fourth-order valence-corrected chi connectivity index (χ4v) is 2.94. The van der Waals surface area contributed by atoms with Crippen LogP contribution in [0.1, 0.15) is 31.6 Å². The monoisotopic (exact) mass is 340 g/mol. The Morgan fingerprint density at radius 1 is 1.17 bits per heavy atom. The van der Waals surface area contributed by atoms with E-state index in [1.807, 2.05) is 43.5 Å². The Bertz CT molecular complexity index is 718. The topological polar surface area (TPSA) is 43.7 Å². The number of hydrogen-bond donors (Lipinski definition) is 0. The summed E-state index contributed by atoms with van der Waals surface area (Å²) in [6.45, 7) is 2.03. The number of methoxy groups -OCH3 is 1. The lowest BCUT2D eigenvalue weighted by Gasteiger charge is -2.33. The van der Waals surface area contributed by atoms with Crippen LogP contribution in [0.4, 0.5) is 0 Å². The maximum Gasteiger partial charge on any atom is 0.118 e. The van der Waals surface area contributed by atoms with Crippen LogP contribution in [0.15, 0.2) is 47.6 Å². The SMILES string of the molecule is COc1ccc(-c2ccc(C(C)O[C@H]3C[C@@H](N=C=S)C3)nc2)cc1. The van der Waals surface area contributed by atoms with Gasteiger partial charge in [0.25, 0.3) is 0 Å². The van der Waals surface area contributed by atoms with E-state index < -0.39 is 0 Å². The molecule has 1 aromatic heterocycles. The van der Waals surface area contributed by atoms with Gasteiger partial charge in [0, 0.05) is 11.8 Å². The minimum Gasteiger partial charge on any atom is -0.497 e. The highest BCUT2D eigenvalue weighted by Gasteiger charge is 2.31. The molecular formula is C19H20N2O2S. The van der Waals surface area contributed by atoms with Gasteiger partial charge >= 0.3 is 0 Å². The summed E-state index contributed by atoms with van der Waals surface area (Å²) < 4.78 is 11.2. The van der Waals surface area contributed by atoms with Crippen LogP contribution in [0.2, 0.25) is 0 Å². The van der Waals surface area contributed by atoms with E-state index in [2.05, 4.69) is 33.4 Å². The zero-order valence-electron chi connectivity index (χ0n) is 13.8. The standard InChI is InChI=1S/C19H20N2O2S/c1-13(23-18-9-16(10-18)21-12-24)19-8-5-15(11-20-19)14-3-6-17(22-2)7-4-14/h3-8,11,13,16,18H,9-10H2,1-2H3/t13?,16-,18+. The van der Waals surface area contributed by atoms with Gasteiger partial charge in [0.15, 0.2) is 0 Å². The van der Waals surface area contributed by atoms with Crippen molar-refractivity contribution in [1.82, 2.24) is 4.98 Å². The lowest BCUT2D eigenvalue weighted by atomic mass is 9.90. The molecule has 2 aromatic rings. The molecule has 1 aliphatic rings. The number of aromatic nitrogens is 1. The Kier molecular flexibility index (Phi) is 5.36. The zero-order valence-corrected chi connectivity index (χ0v) is 14.6. The molecule has 0 bridgehead atoms. The summed E-state index contributed by atoms with van der Waals surface area (Å²) in [5.74, 6) is 0.849. The minimum absolute atomic E-state index is 0.0303. The van der Waals surface area contributed by atoms with E-state index in [4.69, 9.17) is 9.47 Å². The molecule has 5 heteroatoms. The fraction of sp³-hybridized carbons (Fsp3) is 0.368. The predicted octanol–water partition coefficient (Wildman–Crippen LogP) is 4.47. The third kappa shape index (κ3) is 3.88. The molecule has 0 aliphatic heterocycles. The Morgan fingerprint density at radius 3 is 2.46 bits per heavy atom. The minimum atomic E-state index is -0.0303. The molecule has 1 aliphatic carbocycles. The van der Waals surface area contributed by atoms with Gasteiger partial charge in [-0.1, -0.05) is 18.2 Å². The van der Waals surface area contributed by atoms with Crippen LogP contribution in [-0.2, 0) is 4.74 Å². The van der Waals surface area contributed by atoms with Crippen LogP contribution in [0.25, 0.3) is 11.1 Å². The van der Waals surface area contributed by atoms with E-state index in [1.165, 1.54) is 0 Å². The van der Waals surface area contributed by atoms with Crippen LogP contribution < -0.4 is 4.74 Å². The maximum atomic E-state index is 6.02. The molecule has 1 aromatic carbocycles. The molecule has 1 unspecified atom stereocenters. The Morgan fingerprint density at radius 2 is 1.88 bits per heavy atom. The summed E-state index contributed by atoms with van der Waals surface area (Å²) in [6.07, 6.45) is 3.92. The fourth-order valence-electron chi connectivity index (χ4n) is 2.79. The third-order valence-corrected chi connectivity index (χ3v) is 4.43. The second-order valence-electron chi connectivity index (χ2n) is 5.95. The average Bonchev–Trinajstić information content (AvgIpc) is 2.60. The van der Waals surface area contributed by atoms with Crippen LogP contribution in [0, 0.1) is 0 Å². The van der Waals surface area contributed by atoms with Gasteiger partial charge in [0.1, 0.15) is 5.75 Å². The predicted molar refractivity (Wildman–Crippen MR) is 97.6 cm³/mol. The Labute approximate surface area is 147 Å². The number of rotatable bonds is 6. The number of benzene rings is 1. The van der Waals surface area contributed by atoms with Crippen molar-refractivity contribution in [3.05, 3.63) is 48.3 Å². The van der Waals surface area contributed by atoms with Crippen molar-refractivity contribution in [2.24, 2.45) is 4.99 Å². The van der Waals surface area contributed by atoms with E-state index in [-0.39, 0.29) is 18.2 Å². The quantitative estimate of drug-likeness (QED) is 0.575. The van der Waals surface area contributed by atoms with Crippen LogP contribution >= 0.6 is 12.2 Å². The van der Waals surface area contributed by atoms with Crippen molar-refractivity contribution >= 4 is 17.4 Å². The normalized spacial score (nSPS) is 20.6. The third-order valence-electron chi connectivity index (χ3n) is 4.33. The number of aliphatic imine (C=N–C) groups is 1. The molecule has 3 rings (SSSR count). The summed E-state index contributed by atoms with van der Waals surface area (Å²) in [6, 6.07) is 12.3. The molecule has 1 saturated carbocycles. The summed E-state index contributed by atoms with van der Waals surface area (Å²) in [4.78, 5) is 8.63. The average molecular weight is 340 g/mol. The van der Waals surface area contributed by atoms with Crippen molar-refractivity contribution in [3.8, 4) is 16.9 Å². The maximum absolute atomic E-state index is 6.02. The lowest BCUT2D eigenvalue weighted by Crippen LogP contribution is -2.35. The molecule has 0 spiro atoms. The van der Waals surface area contributed by atoms with Gasteiger partial charge in [0.05, 0.1) is 36.2 Å². The first-order chi connectivity index (χ1) is 11.7. The van der Waals surface area contributed by atoms with Gasteiger partial charge in [-0.15, -0.1) is 0 Å². The van der Waals surface area contributed by atoms with Gasteiger partial charge < -0.3 is 9.47 Å². The number of thiocarbonyl (C=S) groups is 1. The van der Waals surface area contributed by atoms with Gasteiger partial charge in [-0.05, 0) is 55.7 Å². The molecule has 0 radical (unpaired) electrons. The first kappa shape index (κ1) is 16.8. The van der Waals surface area contributed by atoms with Crippen molar-refractivity contribution in [1.29, 1.82) is 0 Å². The summed E-state index contributed by atoms with van der Waals surface area (Å²) >= 11 is 4.62. The van der Waals surface area contributed by atoms with Crippen molar-refractivity contribution < 1.29 is 9.47 Å². The number of pyridine rings is 1. The molecule has 4 nitrogen and oxygen atoms in total. The first-order valence-electron chi connectivity index (χ1n) is 8.02.